The number of sulfonamides is 1. The van der Waals surface area contributed by atoms with Crippen molar-refractivity contribution in [2.45, 2.75) is 18.8 Å². The molecule has 1 N–H and O–H groups in total. The standard InChI is InChI=1S/C18H19N3O5S/c1-21-9-11(6-15(25-2)18(21)22)13-7-12(20-27(3,23)24)8-14-16(13)26-17(19-14)10-4-5-10/h6-10,20H,4-5H2,1-3H3. The third kappa shape index (κ3) is 3.42. The van der Waals surface area contributed by atoms with E-state index in [9.17, 15) is 13.2 Å². The molecular weight excluding hydrogens is 370 g/mol. The predicted molar refractivity (Wildman–Crippen MR) is 102 cm³/mol. The van der Waals surface area contributed by atoms with Crippen LogP contribution in [0.5, 0.6) is 5.75 Å². The Morgan fingerprint density at radius 2 is 2.04 bits per heavy atom. The minimum Gasteiger partial charge on any atom is -0.491 e. The first-order valence-corrected chi connectivity index (χ1v) is 10.3. The smallest absolute Gasteiger partial charge is 0.292 e. The Bertz CT molecular complexity index is 1210. The van der Waals surface area contributed by atoms with Crippen LogP contribution in [0.15, 0.2) is 33.6 Å². The number of ether oxygens (including phenoxy) is 1. The van der Waals surface area contributed by atoms with Gasteiger partial charge >= 0.3 is 0 Å². The number of benzene rings is 1. The van der Waals surface area contributed by atoms with Crippen LogP contribution in [0, 0.1) is 0 Å². The summed E-state index contributed by atoms with van der Waals surface area (Å²) in [6.07, 6.45) is 4.81. The van der Waals surface area contributed by atoms with E-state index >= 15 is 0 Å². The molecule has 0 spiro atoms. The Labute approximate surface area is 155 Å². The fourth-order valence-electron chi connectivity index (χ4n) is 3.02. The first kappa shape index (κ1) is 17.6. The summed E-state index contributed by atoms with van der Waals surface area (Å²) in [5, 5.41) is 0. The van der Waals surface area contributed by atoms with Gasteiger partial charge in [-0.15, -0.1) is 0 Å². The second kappa shape index (κ2) is 6.12. The summed E-state index contributed by atoms with van der Waals surface area (Å²) in [6, 6.07) is 4.93. The van der Waals surface area contributed by atoms with Crippen molar-refractivity contribution in [1.82, 2.24) is 9.55 Å². The molecule has 2 heterocycles. The van der Waals surface area contributed by atoms with Gasteiger partial charge in [-0.2, -0.15) is 0 Å². The van der Waals surface area contributed by atoms with Gasteiger partial charge in [-0.1, -0.05) is 0 Å². The van der Waals surface area contributed by atoms with Crippen LogP contribution in [0.3, 0.4) is 0 Å². The van der Waals surface area contributed by atoms with Gasteiger partial charge in [0.25, 0.3) is 5.56 Å². The predicted octanol–water partition coefficient (Wildman–Crippen LogP) is 2.45. The summed E-state index contributed by atoms with van der Waals surface area (Å²) in [5.41, 5.74) is 2.52. The fraction of sp³-hybridized carbons (Fsp3) is 0.333. The highest BCUT2D eigenvalue weighted by molar-refractivity contribution is 7.92. The molecule has 27 heavy (non-hydrogen) atoms. The van der Waals surface area contributed by atoms with E-state index in [0.29, 0.717) is 39.7 Å². The molecule has 4 rings (SSSR count). The molecule has 9 heteroatoms. The van der Waals surface area contributed by atoms with Gasteiger partial charge in [0.05, 0.1) is 19.1 Å². The summed E-state index contributed by atoms with van der Waals surface area (Å²) in [6.45, 7) is 0. The number of rotatable bonds is 5. The van der Waals surface area contributed by atoms with E-state index in [1.54, 1.807) is 31.4 Å². The van der Waals surface area contributed by atoms with Crippen molar-refractivity contribution in [2.24, 2.45) is 7.05 Å². The van der Waals surface area contributed by atoms with Crippen molar-refractivity contribution in [2.75, 3.05) is 18.1 Å². The highest BCUT2D eigenvalue weighted by Crippen LogP contribution is 2.42. The maximum Gasteiger partial charge on any atom is 0.292 e. The van der Waals surface area contributed by atoms with E-state index in [4.69, 9.17) is 9.15 Å². The molecule has 3 aromatic rings. The number of hydrogen-bond donors (Lipinski definition) is 1. The van der Waals surface area contributed by atoms with Crippen LogP contribution in [0.25, 0.3) is 22.2 Å². The van der Waals surface area contributed by atoms with Crippen molar-refractivity contribution >= 4 is 26.8 Å². The molecule has 0 bridgehead atoms. The van der Waals surface area contributed by atoms with Crippen LogP contribution < -0.4 is 15.0 Å². The second-order valence-corrected chi connectivity index (χ2v) is 8.53. The third-order valence-corrected chi connectivity index (χ3v) is 5.02. The number of aryl methyl sites for hydroxylation is 1. The number of aromatic nitrogens is 2. The van der Waals surface area contributed by atoms with Crippen molar-refractivity contribution in [3.05, 3.63) is 40.6 Å². The zero-order valence-corrected chi connectivity index (χ0v) is 16.0. The molecule has 8 nitrogen and oxygen atoms in total. The lowest BCUT2D eigenvalue weighted by Crippen LogP contribution is -2.17. The lowest BCUT2D eigenvalue weighted by molar-refractivity contribution is 0.405. The van der Waals surface area contributed by atoms with Gasteiger partial charge in [0.2, 0.25) is 10.0 Å². The molecular formula is C18H19N3O5S. The third-order valence-electron chi connectivity index (χ3n) is 4.42. The average Bonchev–Trinajstić information content (AvgIpc) is 3.35. The van der Waals surface area contributed by atoms with Crippen LogP contribution in [0.2, 0.25) is 0 Å². The van der Waals surface area contributed by atoms with Gasteiger partial charge in [0, 0.05) is 30.3 Å². The van der Waals surface area contributed by atoms with Crippen molar-refractivity contribution < 1.29 is 17.6 Å². The molecule has 0 atom stereocenters. The molecule has 1 aliphatic rings. The van der Waals surface area contributed by atoms with Crippen LogP contribution in [-0.2, 0) is 17.1 Å². The molecule has 2 aromatic heterocycles. The number of fused-ring (bicyclic) bond motifs is 1. The van der Waals surface area contributed by atoms with Gasteiger partial charge in [0.15, 0.2) is 17.2 Å². The Balaban J connectivity index is 1.97. The Hall–Kier alpha value is -2.81. The summed E-state index contributed by atoms with van der Waals surface area (Å²) in [4.78, 5) is 16.6. The number of anilines is 1. The molecule has 0 unspecified atom stereocenters. The zero-order valence-electron chi connectivity index (χ0n) is 15.1. The number of oxazole rings is 1. The SMILES string of the molecule is COc1cc(-c2cc(NS(C)(=O)=O)cc3nc(C4CC4)oc23)cn(C)c1=O. The number of methoxy groups -OCH3 is 1. The average molecular weight is 389 g/mol. The van der Waals surface area contributed by atoms with E-state index in [-0.39, 0.29) is 11.3 Å². The maximum atomic E-state index is 12.1. The van der Waals surface area contributed by atoms with Gasteiger partial charge in [0.1, 0.15) is 5.52 Å². The fourth-order valence-corrected chi connectivity index (χ4v) is 3.56. The monoisotopic (exact) mass is 389 g/mol. The highest BCUT2D eigenvalue weighted by Gasteiger charge is 2.29. The van der Waals surface area contributed by atoms with E-state index in [1.165, 1.54) is 11.7 Å². The van der Waals surface area contributed by atoms with Crippen molar-refractivity contribution in [3.63, 3.8) is 0 Å². The van der Waals surface area contributed by atoms with E-state index in [2.05, 4.69) is 9.71 Å². The van der Waals surface area contributed by atoms with Gasteiger partial charge in [-0.05, 0) is 31.0 Å². The molecule has 1 aliphatic carbocycles. The van der Waals surface area contributed by atoms with Crippen molar-refractivity contribution in [3.8, 4) is 16.9 Å². The summed E-state index contributed by atoms with van der Waals surface area (Å²) in [5.74, 6) is 1.15. The van der Waals surface area contributed by atoms with Gasteiger partial charge < -0.3 is 13.7 Å². The molecule has 1 saturated carbocycles. The zero-order chi connectivity index (χ0) is 19.3. The van der Waals surface area contributed by atoms with E-state index < -0.39 is 10.0 Å². The second-order valence-electron chi connectivity index (χ2n) is 6.79. The number of nitrogens with one attached hydrogen (secondary N) is 1. The summed E-state index contributed by atoms with van der Waals surface area (Å²) >= 11 is 0. The Kier molecular flexibility index (Phi) is 3.99. The maximum absolute atomic E-state index is 12.1. The molecule has 1 fully saturated rings. The van der Waals surface area contributed by atoms with Crippen LogP contribution in [-0.4, -0.2) is 31.3 Å². The Morgan fingerprint density at radius 3 is 2.67 bits per heavy atom. The van der Waals surface area contributed by atoms with Gasteiger partial charge in [-0.3, -0.25) is 9.52 Å². The largest absolute Gasteiger partial charge is 0.491 e. The molecule has 142 valence electrons. The molecule has 0 saturated heterocycles. The first-order chi connectivity index (χ1) is 12.7. The minimum absolute atomic E-state index is 0.187. The van der Waals surface area contributed by atoms with Crippen molar-refractivity contribution in [1.29, 1.82) is 0 Å². The summed E-state index contributed by atoms with van der Waals surface area (Å²) < 4.78 is 38.4. The molecule has 0 amide bonds. The molecule has 0 radical (unpaired) electrons. The van der Waals surface area contributed by atoms with Crippen LogP contribution in [0.4, 0.5) is 5.69 Å². The van der Waals surface area contributed by atoms with Gasteiger partial charge in [-0.25, -0.2) is 13.4 Å². The highest BCUT2D eigenvalue weighted by atomic mass is 32.2. The van der Waals surface area contributed by atoms with Crippen LogP contribution >= 0.6 is 0 Å². The normalized spacial score (nSPS) is 14.5. The molecule has 1 aromatic carbocycles. The minimum atomic E-state index is -3.46. The van der Waals surface area contributed by atoms with Crippen LogP contribution in [0.1, 0.15) is 24.7 Å². The Morgan fingerprint density at radius 1 is 1.30 bits per heavy atom. The number of hydrogen-bond acceptors (Lipinski definition) is 6. The summed E-state index contributed by atoms with van der Waals surface area (Å²) in [7, 11) is -0.405. The lowest BCUT2D eigenvalue weighted by Gasteiger charge is -2.10. The lowest BCUT2D eigenvalue weighted by atomic mass is 10.1. The van der Waals surface area contributed by atoms with E-state index in [1.807, 2.05) is 0 Å². The first-order valence-electron chi connectivity index (χ1n) is 8.42. The quantitative estimate of drug-likeness (QED) is 0.719. The van der Waals surface area contributed by atoms with E-state index in [0.717, 1.165) is 19.1 Å². The molecule has 0 aliphatic heterocycles. The topological polar surface area (TPSA) is 103 Å². The number of nitrogens with zero attached hydrogens (tertiary/aromatic N) is 2. The number of pyridine rings is 1.